The number of nitrogens with one attached hydrogen (secondary N) is 3. The van der Waals surface area contributed by atoms with Gasteiger partial charge in [0.1, 0.15) is 18.1 Å². The first kappa shape index (κ1) is 21.8. The van der Waals surface area contributed by atoms with Gasteiger partial charge in [0.25, 0.3) is 0 Å². The first-order valence-corrected chi connectivity index (χ1v) is 7.90. The quantitative estimate of drug-likeness (QED) is 0.360. The number of nitrogens with two attached hydrogens (primary N) is 1. The zero-order valence-corrected chi connectivity index (χ0v) is 14.8. The predicted molar refractivity (Wildman–Crippen MR) is 87.9 cm³/mol. The molecule has 9 heteroatoms. The molecule has 0 aromatic carbocycles. The molecule has 0 radical (unpaired) electrons. The maximum atomic E-state index is 12.3. The summed E-state index contributed by atoms with van der Waals surface area (Å²) in [5.74, 6) is -3.01. The van der Waals surface area contributed by atoms with E-state index < -0.39 is 47.9 Å². The third-order valence-corrected chi connectivity index (χ3v) is 3.69. The highest BCUT2D eigenvalue weighted by Gasteiger charge is 2.30. The van der Waals surface area contributed by atoms with Gasteiger partial charge in [0.2, 0.25) is 17.7 Å². The van der Waals surface area contributed by atoms with E-state index in [-0.39, 0.29) is 5.92 Å². The van der Waals surface area contributed by atoms with Crippen molar-refractivity contribution in [1.82, 2.24) is 16.0 Å². The second-order valence-corrected chi connectivity index (χ2v) is 5.96. The number of rotatable bonds is 9. The van der Waals surface area contributed by atoms with Gasteiger partial charge in [-0.1, -0.05) is 20.3 Å². The van der Waals surface area contributed by atoms with Crippen LogP contribution in [0.15, 0.2) is 0 Å². The van der Waals surface area contributed by atoms with E-state index in [1.807, 2.05) is 6.92 Å². The first-order valence-electron chi connectivity index (χ1n) is 7.90. The lowest BCUT2D eigenvalue weighted by Gasteiger charge is -2.26. The topological polar surface area (TPSA) is 151 Å². The summed E-state index contributed by atoms with van der Waals surface area (Å²) in [6, 6.07) is -3.61. The largest absolute Gasteiger partial charge is 0.480 e. The third kappa shape index (κ3) is 6.95. The maximum absolute atomic E-state index is 12.3. The highest BCUT2D eigenvalue weighted by Crippen LogP contribution is 2.09. The summed E-state index contributed by atoms with van der Waals surface area (Å²) in [5, 5.41) is 16.2. The molecule has 0 aliphatic carbocycles. The first-order chi connectivity index (χ1) is 11.0. The van der Waals surface area contributed by atoms with E-state index in [0.29, 0.717) is 6.42 Å². The van der Waals surface area contributed by atoms with Crippen molar-refractivity contribution >= 4 is 23.7 Å². The van der Waals surface area contributed by atoms with Crippen molar-refractivity contribution in [2.24, 2.45) is 11.7 Å². The van der Waals surface area contributed by atoms with Crippen LogP contribution in [0.5, 0.6) is 0 Å². The lowest BCUT2D eigenvalue weighted by molar-refractivity contribution is -0.142. The molecule has 0 aromatic rings. The summed E-state index contributed by atoms with van der Waals surface area (Å²) in [5.41, 5.74) is 5.42. The minimum absolute atomic E-state index is 0.216. The molecule has 24 heavy (non-hydrogen) atoms. The van der Waals surface area contributed by atoms with Gasteiger partial charge in [0.05, 0.1) is 6.04 Å². The van der Waals surface area contributed by atoms with Gasteiger partial charge in [-0.25, -0.2) is 0 Å². The number of carbonyl (C=O) groups is 4. The summed E-state index contributed by atoms with van der Waals surface area (Å²) in [6.07, 6.45) is 0.598. The second-order valence-electron chi connectivity index (χ2n) is 5.96. The Kier molecular flexibility index (Phi) is 8.97. The highest BCUT2D eigenvalue weighted by molar-refractivity contribution is 5.93. The average Bonchev–Trinajstić information content (AvgIpc) is 2.50. The van der Waals surface area contributed by atoms with Crippen LogP contribution in [0.3, 0.4) is 0 Å². The Morgan fingerprint density at radius 2 is 1.38 bits per heavy atom. The van der Waals surface area contributed by atoms with Crippen LogP contribution in [-0.2, 0) is 19.2 Å². The molecule has 138 valence electrons. The number of aliphatic carboxylic acids is 1. The van der Waals surface area contributed by atoms with Crippen molar-refractivity contribution < 1.29 is 24.3 Å². The van der Waals surface area contributed by atoms with Crippen LogP contribution in [0.25, 0.3) is 0 Å². The molecule has 0 rings (SSSR count). The van der Waals surface area contributed by atoms with Gasteiger partial charge >= 0.3 is 5.97 Å². The fraction of sp³-hybridized carbons (Fsp3) is 0.733. The zero-order chi connectivity index (χ0) is 19.0. The minimum atomic E-state index is -1.17. The molecule has 5 atom stereocenters. The number of amides is 3. The molecule has 0 spiro atoms. The summed E-state index contributed by atoms with van der Waals surface area (Å²) in [6.45, 7) is 7.91. The molecule has 0 saturated heterocycles. The van der Waals surface area contributed by atoms with Gasteiger partial charge in [-0.2, -0.15) is 0 Å². The Bertz CT molecular complexity index is 480. The van der Waals surface area contributed by atoms with Gasteiger partial charge in [0, 0.05) is 0 Å². The molecule has 0 bridgehead atoms. The minimum Gasteiger partial charge on any atom is -0.480 e. The molecule has 0 fully saturated rings. The zero-order valence-electron chi connectivity index (χ0n) is 14.8. The van der Waals surface area contributed by atoms with Gasteiger partial charge in [0.15, 0.2) is 0 Å². The average molecular weight is 344 g/mol. The van der Waals surface area contributed by atoms with Crippen LogP contribution in [-0.4, -0.2) is 53.0 Å². The maximum Gasteiger partial charge on any atom is 0.325 e. The fourth-order valence-electron chi connectivity index (χ4n) is 1.76. The van der Waals surface area contributed by atoms with Gasteiger partial charge < -0.3 is 26.8 Å². The van der Waals surface area contributed by atoms with Crippen LogP contribution < -0.4 is 21.7 Å². The van der Waals surface area contributed by atoms with E-state index in [9.17, 15) is 19.2 Å². The summed E-state index contributed by atoms with van der Waals surface area (Å²) in [4.78, 5) is 46.8. The molecule has 0 saturated carbocycles. The molecule has 3 amide bonds. The summed E-state index contributed by atoms with van der Waals surface area (Å²) < 4.78 is 0. The second kappa shape index (κ2) is 9.86. The summed E-state index contributed by atoms with van der Waals surface area (Å²) in [7, 11) is 0. The Morgan fingerprint density at radius 3 is 1.79 bits per heavy atom. The smallest absolute Gasteiger partial charge is 0.325 e. The monoisotopic (exact) mass is 344 g/mol. The number of carboxylic acids is 1. The van der Waals surface area contributed by atoms with Crippen LogP contribution in [0.4, 0.5) is 0 Å². The lowest BCUT2D eigenvalue weighted by Crippen LogP contribution is -2.57. The standard InChI is InChI=1S/C15H28N4O5/c1-6-7(2)11(14(22)18-10(5)15(23)24)19-13(21)9(4)17-12(20)8(3)16/h7-11H,6,16H2,1-5H3,(H,17,20)(H,18,22)(H,19,21)(H,23,24). The number of hydrogen-bond acceptors (Lipinski definition) is 5. The Hall–Kier alpha value is -2.16. The van der Waals surface area contributed by atoms with Crippen molar-refractivity contribution in [3.05, 3.63) is 0 Å². The molecular formula is C15H28N4O5. The van der Waals surface area contributed by atoms with E-state index in [1.165, 1.54) is 20.8 Å². The molecule has 5 unspecified atom stereocenters. The lowest BCUT2D eigenvalue weighted by atomic mass is 9.97. The van der Waals surface area contributed by atoms with E-state index in [4.69, 9.17) is 10.8 Å². The van der Waals surface area contributed by atoms with Crippen LogP contribution in [0, 0.1) is 5.92 Å². The molecular weight excluding hydrogens is 316 g/mol. The van der Waals surface area contributed by atoms with Gasteiger partial charge in [-0.15, -0.1) is 0 Å². The normalized spacial score (nSPS) is 16.9. The molecule has 0 aliphatic rings. The van der Waals surface area contributed by atoms with Crippen LogP contribution in [0.2, 0.25) is 0 Å². The van der Waals surface area contributed by atoms with Crippen LogP contribution in [0.1, 0.15) is 41.0 Å². The van der Waals surface area contributed by atoms with E-state index in [2.05, 4.69) is 16.0 Å². The van der Waals surface area contributed by atoms with Crippen molar-refractivity contribution in [3.63, 3.8) is 0 Å². The van der Waals surface area contributed by atoms with E-state index in [0.717, 1.165) is 0 Å². The summed E-state index contributed by atoms with van der Waals surface area (Å²) >= 11 is 0. The van der Waals surface area contributed by atoms with E-state index >= 15 is 0 Å². The molecule has 9 nitrogen and oxygen atoms in total. The molecule has 0 aliphatic heterocycles. The third-order valence-electron chi connectivity index (χ3n) is 3.69. The van der Waals surface area contributed by atoms with Crippen molar-refractivity contribution in [2.75, 3.05) is 0 Å². The van der Waals surface area contributed by atoms with E-state index in [1.54, 1.807) is 6.92 Å². The van der Waals surface area contributed by atoms with Crippen molar-refractivity contribution in [1.29, 1.82) is 0 Å². The Labute approximate surface area is 141 Å². The highest BCUT2D eigenvalue weighted by atomic mass is 16.4. The Balaban J connectivity index is 4.95. The molecule has 6 N–H and O–H groups in total. The van der Waals surface area contributed by atoms with Gasteiger partial charge in [-0.3, -0.25) is 19.2 Å². The molecule has 0 heterocycles. The predicted octanol–water partition coefficient (Wildman–Crippen LogP) is -1.04. The number of hydrogen-bond donors (Lipinski definition) is 5. The molecule has 0 aromatic heterocycles. The van der Waals surface area contributed by atoms with Crippen molar-refractivity contribution in [3.8, 4) is 0 Å². The van der Waals surface area contributed by atoms with Crippen molar-refractivity contribution in [2.45, 2.75) is 65.2 Å². The number of carboxylic acid groups (broad SMARTS) is 1. The number of carbonyl (C=O) groups excluding carboxylic acids is 3. The fourth-order valence-corrected chi connectivity index (χ4v) is 1.76. The van der Waals surface area contributed by atoms with Gasteiger partial charge in [-0.05, 0) is 26.7 Å². The van der Waals surface area contributed by atoms with Crippen LogP contribution >= 0.6 is 0 Å². The SMILES string of the molecule is CCC(C)C(NC(=O)C(C)NC(=O)C(C)N)C(=O)NC(C)C(=O)O. The Morgan fingerprint density at radius 1 is 0.875 bits per heavy atom.